The van der Waals surface area contributed by atoms with Crippen molar-refractivity contribution in [2.75, 3.05) is 12.4 Å². The van der Waals surface area contributed by atoms with E-state index in [0.29, 0.717) is 10.4 Å². The molecule has 2 aromatic rings. The van der Waals surface area contributed by atoms with E-state index in [4.69, 9.17) is 4.42 Å². The van der Waals surface area contributed by atoms with E-state index >= 15 is 0 Å². The Hall–Kier alpha value is -1.49. The Morgan fingerprint density at radius 2 is 1.97 bits per heavy atom. The molecule has 2 aliphatic rings. The molecule has 30 heavy (non-hydrogen) atoms. The molecule has 1 fully saturated rings. The second-order valence-corrected chi connectivity index (χ2v) is 9.37. The Bertz CT molecular complexity index is 937. The average Bonchev–Trinajstić information content (AvgIpc) is 3.29. The second-order valence-electron chi connectivity index (χ2n) is 7.80. The minimum absolute atomic E-state index is 0.0129. The van der Waals surface area contributed by atoms with Crippen LogP contribution >= 0.6 is 31.9 Å². The first kappa shape index (κ1) is 21.7. The Balaban J connectivity index is 1.68. The van der Waals surface area contributed by atoms with E-state index in [0.717, 1.165) is 36.8 Å². The van der Waals surface area contributed by atoms with E-state index in [9.17, 15) is 18.0 Å². The quantitative estimate of drug-likeness (QED) is 0.501. The molecule has 0 saturated heterocycles. The van der Waals surface area contributed by atoms with Gasteiger partial charge < -0.3 is 14.6 Å². The van der Waals surface area contributed by atoms with Crippen molar-refractivity contribution in [3.05, 3.63) is 32.7 Å². The highest BCUT2D eigenvalue weighted by atomic mass is 79.9. The van der Waals surface area contributed by atoms with Crippen molar-refractivity contribution in [2.24, 2.45) is 0 Å². The summed E-state index contributed by atoms with van der Waals surface area (Å²) >= 11 is 6.51. The van der Waals surface area contributed by atoms with Gasteiger partial charge in [-0.05, 0) is 56.8 Å². The second kappa shape index (κ2) is 8.22. The van der Waals surface area contributed by atoms with Gasteiger partial charge in [-0.3, -0.25) is 4.79 Å². The van der Waals surface area contributed by atoms with Crippen LogP contribution in [0.15, 0.2) is 25.7 Å². The number of carbonyl (C=O) groups excluding carboxylic acids is 1. The fourth-order valence-electron chi connectivity index (χ4n) is 4.23. The third kappa shape index (κ3) is 4.02. The zero-order chi connectivity index (χ0) is 21.6. The lowest BCUT2D eigenvalue weighted by molar-refractivity contribution is -0.174. The molecule has 0 spiro atoms. The van der Waals surface area contributed by atoms with Crippen LogP contribution in [0.3, 0.4) is 0 Å². The molecule has 11 heteroatoms. The summed E-state index contributed by atoms with van der Waals surface area (Å²) < 4.78 is 48.6. The molecular formula is C19H21Br2F3N4O2. The first-order valence-corrected chi connectivity index (χ1v) is 11.4. The number of aromatic nitrogens is 2. The van der Waals surface area contributed by atoms with Crippen LogP contribution in [0.2, 0.25) is 0 Å². The van der Waals surface area contributed by atoms with Gasteiger partial charge >= 0.3 is 6.18 Å². The van der Waals surface area contributed by atoms with Gasteiger partial charge in [-0.25, -0.2) is 4.68 Å². The van der Waals surface area contributed by atoms with Gasteiger partial charge in [-0.1, -0.05) is 19.3 Å². The molecule has 0 unspecified atom stereocenters. The summed E-state index contributed by atoms with van der Waals surface area (Å²) in [6.45, 7) is 0. The van der Waals surface area contributed by atoms with Crippen molar-refractivity contribution in [3.8, 4) is 0 Å². The number of nitrogens with zero attached hydrogens (tertiary/aromatic N) is 3. The molecule has 4 rings (SSSR count). The molecule has 0 aromatic carbocycles. The van der Waals surface area contributed by atoms with Crippen LogP contribution in [-0.2, 0) is 0 Å². The van der Waals surface area contributed by atoms with Crippen molar-refractivity contribution < 1.29 is 22.4 Å². The zero-order valence-electron chi connectivity index (χ0n) is 16.2. The van der Waals surface area contributed by atoms with Crippen LogP contribution in [0.4, 0.5) is 19.0 Å². The van der Waals surface area contributed by atoms with Gasteiger partial charge in [0.2, 0.25) is 0 Å². The highest BCUT2D eigenvalue weighted by molar-refractivity contribution is 9.10. The lowest BCUT2D eigenvalue weighted by Crippen LogP contribution is -2.39. The van der Waals surface area contributed by atoms with E-state index in [2.05, 4.69) is 42.3 Å². The van der Waals surface area contributed by atoms with Gasteiger partial charge in [0.05, 0.1) is 10.5 Å². The molecule has 1 aliphatic heterocycles. The Morgan fingerprint density at radius 3 is 2.57 bits per heavy atom. The Morgan fingerprint density at radius 1 is 1.27 bits per heavy atom. The number of amides is 1. The summed E-state index contributed by atoms with van der Waals surface area (Å²) in [4.78, 5) is 14.7. The van der Waals surface area contributed by atoms with Gasteiger partial charge in [-0.15, -0.1) is 0 Å². The first-order chi connectivity index (χ1) is 14.2. The van der Waals surface area contributed by atoms with Crippen molar-refractivity contribution in [1.82, 2.24) is 14.7 Å². The van der Waals surface area contributed by atoms with Crippen LogP contribution in [0, 0.1) is 0 Å². The maximum absolute atomic E-state index is 13.9. The minimum atomic E-state index is -4.53. The molecule has 1 amide bonds. The summed E-state index contributed by atoms with van der Waals surface area (Å²) in [6, 6.07) is 0.756. The summed E-state index contributed by atoms with van der Waals surface area (Å²) in [6.07, 6.45) is 0.195. The Labute approximate surface area is 188 Å². The van der Waals surface area contributed by atoms with Gasteiger partial charge in [0.25, 0.3) is 5.91 Å². The number of nitrogens with one attached hydrogen (secondary N) is 1. The molecule has 1 N–H and O–H groups in total. The fraction of sp³-hybridized carbons (Fsp3) is 0.579. The summed E-state index contributed by atoms with van der Waals surface area (Å²) in [5.41, 5.74) is -0.0129. The zero-order valence-corrected chi connectivity index (χ0v) is 19.3. The van der Waals surface area contributed by atoms with Crippen LogP contribution < -0.4 is 5.32 Å². The van der Waals surface area contributed by atoms with Gasteiger partial charge in [0, 0.05) is 19.5 Å². The Kier molecular flexibility index (Phi) is 5.95. The smallest absolute Gasteiger partial charge is 0.410 e. The van der Waals surface area contributed by atoms with E-state index in [1.165, 1.54) is 0 Å². The molecular weight excluding hydrogens is 533 g/mol. The summed E-state index contributed by atoms with van der Waals surface area (Å²) in [5.74, 6) is 0.125. The summed E-state index contributed by atoms with van der Waals surface area (Å²) in [5, 5.41) is 7.16. The SMILES string of the molecule is CN(C(=O)c1nn2c(c1Br)N[C@@H](c1ccc(Br)o1)C[C@@H]2C(F)(F)F)C1CCCCC1. The fourth-order valence-corrected chi connectivity index (χ4v) is 5.09. The van der Waals surface area contributed by atoms with Crippen LogP contribution in [-0.4, -0.2) is 39.9 Å². The van der Waals surface area contributed by atoms with Crippen molar-refractivity contribution in [2.45, 2.75) is 62.8 Å². The monoisotopic (exact) mass is 552 g/mol. The van der Waals surface area contributed by atoms with Gasteiger partial charge in [0.15, 0.2) is 16.4 Å². The van der Waals surface area contributed by atoms with Crippen LogP contribution in [0.1, 0.15) is 66.9 Å². The first-order valence-electron chi connectivity index (χ1n) is 9.80. The maximum atomic E-state index is 13.9. The van der Waals surface area contributed by atoms with Crippen molar-refractivity contribution in [3.63, 3.8) is 0 Å². The average molecular weight is 554 g/mol. The highest BCUT2D eigenvalue weighted by Crippen LogP contribution is 2.46. The van der Waals surface area contributed by atoms with Crippen molar-refractivity contribution >= 4 is 43.6 Å². The predicted octanol–water partition coefficient (Wildman–Crippen LogP) is 6.07. The van der Waals surface area contributed by atoms with Gasteiger partial charge in [0.1, 0.15) is 11.6 Å². The molecule has 0 radical (unpaired) electrons. The number of alkyl halides is 3. The highest BCUT2D eigenvalue weighted by Gasteiger charge is 2.48. The lowest BCUT2D eigenvalue weighted by atomic mass is 9.94. The maximum Gasteiger partial charge on any atom is 0.410 e. The number of anilines is 1. The molecule has 1 saturated carbocycles. The minimum Gasteiger partial charge on any atom is -0.452 e. The molecule has 2 aromatic heterocycles. The molecule has 2 atom stereocenters. The number of hydrogen-bond donors (Lipinski definition) is 1. The standard InChI is InChI=1S/C19H21Br2F3N4O2/c1-27(10-5-3-2-4-6-10)18(29)16-15(21)17-25-11(12-7-8-14(20)30-12)9-13(19(22,23)24)28(17)26-16/h7-8,10-11,13,25H,2-6,9H2,1H3/t11-,13-/m1/s1. The number of fused-ring (bicyclic) bond motifs is 1. The van der Waals surface area contributed by atoms with E-state index < -0.39 is 18.3 Å². The number of rotatable bonds is 3. The van der Waals surface area contributed by atoms with Gasteiger partial charge in [-0.2, -0.15) is 18.3 Å². The lowest BCUT2D eigenvalue weighted by Gasteiger charge is -2.32. The van der Waals surface area contributed by atoms with Crippen molar-refractivity contribution in [1.29, 1.82) is 0 Å². The van der Waals surface area contributed by atoms with E-state index in [-0.39, 0.29) is 34.4 Å². The number of hydrogen-bond acceptors (Lipinski definition) is 4. The van der Waals surface area contributed by atoms with E-state index in [1.807, 2.05) is 0 Å². The summed E-state index contributed by atoms with van der Waals surface area (Å²) in [7, 11) is 1.70. The predicted molar refractivity (Wildman–Crippen MR) is 111 cm³/mol. The number of carbonyl (C=O) groups is 1. The van der Waals surface area contributed by atoms with Crippen LogP contribution in [0.25, 0.3) is 0 Å². The third-order valence-corrected chi connectivity index (χ3v) is 7.06. The normalized spacial score (nSPS) is 22.5. The molecule has 1 aliphatic carbocycles. The molecule has 3 heterocycles. The van der Waals surface area contributed by atoms with E-state index in [1.54, 1.807) is 24.1 Å². The molecule has 6 nitrogen and oxygen atoms in total. The topological polar surface area (TPSA) is 63.3 Å². The molecule has 0 bridgehead atoms. The third-order valence-electron chi connectivity index (χ3n) is 5.88. The molecule has 164 valence electrons. The van der Waals surface area contributed by atoms with Crippen LogP contribution in [0.5, 0.6) is 0 Å². The number of halogens is 5. The number of furan rings is 1. The largest absolute Gasteiger partial charge is 0.452 e.